The van der Waals surface area contributed by atoms with E-state index in [4.69, 9.17) is 4.52 Å². The van der Waals surface area contributed by atoms with Crippen LogP contribution in [0, 0.1) is 13.8 Å². The zero-order chi connectivity index (χ0) is 13.1. The van der Waals surface area contributed by atoms with Crippen LogP contribution in [0.3, 0.4) is 0 Å². The van der Waals surface area contributed by atoms with Crippen molar-refractivity contribution in [1.82, 2.24) is 10.5 Å². The maximum atomic E-state index is 12.1. The predicted molar refractivity (Wildman–Crippen MR) is 68.3 cm³/mol. The molecule has 2 aromatic rings. The van der Waals surface area contributed by atoms with E-state index in [1.807, 2.05) is 37.3 Å². The van der Waals surface area contributed by atoms with Gasteiger partial charge in [0.15, 0.2) is 0 Å². The topological polar surface area (TPSA) is 55.1 Å². The third kappa shape index (κ3) is 2.42. The summed E-state index contributed by atoms with van der Waals surface area (Å²) in [7, 11) is 0. The van der Waals surface area contributed by atoms with E-state index in [1.165, 1.54) is 0 Å². The van der Waals surface area contributed by atoms with E-state index in [2.05, 4.69) is 10.5 Å². The number of carbonyl (C=O) groups is 1. The first-order valence-electron chi connectivity index (χ1n) is 5.88. The first-order valence-corrected chi connectivity index (χ1v) is 5.88. The number of carbonyl (C=O) groups excluding carboxylic acids is 1. The quantitative estimate of drug-likeness (QED) is 0.903. The van der Waals surface area contributed by atoms with Crippen molar-refractivity contribution in [2.75, 3.05) is 0 Å². The maximum Gasteiger partial charge on any atom is 0.257 e. The van der Waals surface area contributed by atoms with E-state index < -0.39 is 0 Å². The molecule has 0 aliphatic heterocycles. The monoisotopic (exact) mass is 244 g/mol. The summed E-state index contributed by atoms with van der Waals surface area (Å²) >= 11 is 0. The lowest BCUT2D eigenvalue weighted by molar-refractivity contribution is 0.0938. The fourth-order valence-electron chi connectivity index (χ4n) is 1.90. The third-order valence-corrected chi connectivity index (χ3v) is 2.91. The second-order valence-electron chi connectivity index (χ2n) is 4.31. The summed E-state index contributed by atoms with van der Waals surface area (Å²) in [6.45, 7) is 5.45. The number of hydrogen-bond acceptors (Lipinski definition) is 3. The molecular weight excluding hydrogens is 228 g/mol. The van der Waals surface area contributed by atoms with E-state index in [0.717, 1.165) is 5.56 Å². The molecule has 0 aliphatic carbocycles. The van der Waals surface area contributed by atoms with Crippen molar-refractivity contribution in [3.63, 3.8) is 0 Å². The summed E-state index contributed by atoms with van der Waals surface area (Å²) in [5.41, 5.74) is 2.21. The number of amides is 1. The van der Waals surface area contributed by atoms with E-state index in [-0.39, 0.29) is 11.9 Å². The van der Waals surface area contributed by atoms with Crippen LogP contribution in [0.2, 0.25) is 0 Å². The molecule has 94 valence electrons. The first-order chi connectivity index (χ1) is 8.59. The van der Waals surface area contributed by atoms with E-state index in [9.17, 15) is 4.79 Å². The first kappa shape index (κ1) is 12.4. The SMILES string of the molecule is Cc1noc(C)c1C(=O)NC(C)c1ccccc1. The Hall–Kier alpha value is -2.10. The van der Waals surface area contributed by atoms with Gasteiger partial charge in [-0.25, -0.2) is 0 Å². The van der Waals surface area contributed by atoms with Crippen LogP contribution < -0.4 is 5.32 Å². The normalized spacial score (nSPS) is 12.2. The Kier molecular flexibility index (Phi) is 3.46. The van der Waals surface area contributed by atoms with Crippen LogP contribution in [-0.2, 0) is 0 Å². The van der Waals surface area contributed by atoms with Crippen molar-refractivity contribution in [3.8, 4) is 0 Å². The minimum atomic E-state index is -0.150. The Balaban J connectivity index is 2.13. The van der Waals surface area contributed by atoms with Gasteiger partial charge in [-0.3, -0.25) is 4.79 Å². The summed E-state index contributed by atoms with van der Waals surface area (Å²) in [5, 5.41) is 6.72. The van der Waals surface area contributed by atoms with Crippen LogP contribution in [0.1, 0.15) is 40.3 Å². The van der Waals surface area contributed by atoms with E-state index in [1.54, 1.807) is 13.8 Å². The standard InChI is InChI=1S/C14H16N2O2/c1-9(12-7-5-4-6-8-12)15-14(17)13-10(2)16-18-11(13)3/h4-9H,1-3H3,(H,15,17). The fraction of sp³-hybridized carbons (Fsp3) is 0.286. The molecule has 1 unspecified atom stereocenters. The summed E-state index contributed by atoms with van der Waals surface area (Å²) < 4.78 is 4.99. The lowest BCUT2D eigenvalue weighted by atomic mass is 10.1. The highest BCUT2D eigenvalue weighted by atomic mass is 16.5. The van der Waals surface area contributed by atoms with Crippen molar-refractivity contribution in [1.29, 1.82) is 0 Å². The number of benzene rings is 1. The fourth-order valence-corrected chi connectivity index (χ4v) is 1.90. The highest BCUT2D eigenvalue weighted by molar-refractivity contribution is 5.96. The molecule has 1 aromatic carbocycles. The summed E-state index contributed by atoms with van der Waals surface area (Å²) in [5.74, 6) is 0.396. The van der Waals surface area contributed by atoms with Crippen molar-refractivity contribution < 1.29 is 9.32 Å². The molecule has 0 bridgehead atoms. The van der Waals surface area contributed by atoms with Gasteiger partial charge in [0.25, 0.3) is 5.91 Å². The molecule has 0 saturated carbocycles. The second kappa shape index (κ2) is 5.04. The molecule has 0 fully saturated rings. The number of rotatable bonds is 3. The van der Waals surface area contributed by atoms with Crippen molar-refractivity contribution in [2.24, 2.45) is 0 Å². The zero-order valence-electron chi connectivity index (χ0n) is 10.7. The Labute approximate surface area is 106 Å². The molecule has 1 aromatic heterocycles. The van der Waals surface area contributed by atoms with Gasteiger partial charge in [-0.1, -0.05) is 35.5 Å². The Morgan fingerprint density at radius 2 is 1.94 bits per heavy atom. The van der Waals surface area contributed by atoms with Crippen LogP contribution in [0.4, 0.5) is 0 Å². The summed E-state index contributed by atoms with van der Waals surface area (Å²) in [6, 6.07) is 9.78. The zero-order valence-corrected chi connectivity index (χ0v) is 10.7. The van der Waals surface area contributed by atoms with Gasteiger partial charge in [-0.2, -0.15) is 0 Å². The molecule has 4 nitrogen and oxygen atoms in total. The highest BCUT2D eigenvalue weighted by Crippen LogP contribution is 2.16. The van der Waals surface area contributed by atoms with Crippen molar-refractivity contribution in [3.05, 3.63) is 52.9 Å². The summed E-state index contributed by atoms with van der Waals surface area (Å²) in [4.78, 5) is 12.1. The lowest BCUT2D eigenvalue weighted by Crippen LogP contribution is -2.27. The van der Waals surface area contributed by atoms with Crippen LogP contribution >= 0.6 is 0 Å². The average Bonchev–Trinajstić information content (AvgIpc) is 2.70. The largest absolute Gasteiger partial charge is 0.361 e. The third-order valence-electron chi connectivity index (χ3n) is 2.91. The number of nitrogens with zero attached hydrogens (tertiary/aromatic N) is 1. The van der Waals surface area contributed by atoms with Crippen molar-refractivity contribution >= 4 is 5.91 Å². The van der Waals surface area contributed by atoms with Crippen molar-refractivity contribution in [2.45, 2.75) is 26.8 Å². The average molecular weight is 244 g/mol. The smallest absolute Gasteiger partial charge is 0.257 e. The van der Waals surface area contributed by atoms with Gasteiger partial charge in [-0.05, 0) is 26.3 Å². The van der Waals surface area contributed by atoms with Gasteiger partial charge < -0.3 is 9.84 Å². The number of aryl methyl sites for hydroxylation is 2. The van der Waals surface area contributed by atoms with Crippen LogP contribution in [0.15, 0.2) is 34.9 Å². The Bertz CT molecular complexity index is 527. The molecule has 18 heavy (non-hydrogen) atoms. The molecule has 0 spiro atoms. The molecule has 0 saturated heterocycles. The summed E-state index contributed by atoms with van der Waals surface area (Å²) in [6.07, 6.45) is 0. The molecule has 4 heteroatoms. The molecule has 1 atom stereocenters. The van der Waals surface area contributed by atoms with E-state index in [0.29, 0.717) is 17.0 Å². The molecule has 0 radical (unpaired) electrons. The predicted octanol–water partition coefficient (Wildman–Crippen LogP) is 2.78. The minimum Gasteiger partial charge on any atom is -0.361 e. The molecular formula is C14H16N2O2. The van der Waals surface area contributed by atoms with Crippen LogP contribution in [0.25, 0.3) is 0 Å². The highest BCUT2D eigenvalue weighted by Gasteiger charge is 2.19. The number of aromatic nitrogens is 1. The van der Waals surface area contributed by atoms with Crippen LogP contribution in [-0.4, -0.2) is 11.1 Å². The van der Waals surface area contributed by atoms with Gasteiger partial charge in [0, 0.05) is 0 Å². The molecule has 1 N–H and O–H groups in total. The number of nitrogens with one attached hydrogen (secondary N) is 1. The van der Waals surface area contributed by atoms with Gasteiger partial charge in [0.05, 0.1) is 11.7 Å². The lowest BCUT2D eigenvalue weighted by Gasteiger charge is -2.13. The van der Waals surface area contributed by atoms with Gasteiger partial charge in [0.2, 0.25) is 0 Å². The second-order valence-corrected chi connectivity index (χ2v) is 4.31. The molecule has 0 aliphatic rings. The van der Waals surface area contributed by atoms with Gasteiger partial charge >= 0.3 is 0 Å². The maximum absolute atomic E-state index is 12.1. The van der Waals surface area contributed by atoms with Gasteiger partial charge in [-0.15, -0.1) is 0 Å². The number of hydrogen-bond donors (Lipinski definition) is 1. The molecule has 1 amide bonds. The Morgan fingerprint density at radius 3 is 2.50 bits per heavy atom. The molecule has 2 rings (SSSR count). The molecule has 1 heterocycles. The van der Waals surface area contributed by atoms with Crippen LogP contribution in [0.5, 0.6) is 0 Å². The van der Waals surface area contributed by atoms with Gasteiger partial charge in [0.1, 0.15) is 11.3 Å². The van der Waals surface area contributed by atoms with E-state index >= 15 is 0 Å². The Morgan fingerprint density at radius 1 is 1.28 bits per heavy atom. The minimum absolute atomic E-state index is 0.0487.